The molecule has 1 aliphatic heterocycles. The van der Waals surface area contributed by atoms with Crippen LogP contribution in [0.3, 0.4) is 0 Å². The highest BCUT2D eigenvalue weighted by atomic mass is 79.9. The summed E-state index contributed by atoms with van der Waals surface area (Å²) >= 11 is 0. The molecule has 0 aromatic heterocycles. The highest BCUT2D eigenvalue weighted by Gasteiger charge is 2.28. The van der Waals surface area contributed by atoms with Gasteiger partial charge in [0, 0.05) is 12.8 Å². The van der Waals surface area contributed by atoms with Crippen molar-refractivity contribution in [1.29, 1.82) is 0 Å². The Bertz CT molecular complexity index is 188. The quantitative estimate of drug-likeness (QED) is 0.401. The third-order valence-corrected chi connectivity index (χ3v) is 4.92. The Hall–Kier alpha value is 0.440. The van der Waals surface area contributed by atoms with Crippen LogP contribution in [0.25, 0.3) is 0 Å². The topological polar surface area (TPSA) is 0 Å². The minimum Gasteiger partial charge on any atom is -1.00 e. The summed E-state index contributed by atoms with van der Waals surface area (Å²) in [6.45, 7) is 10.5. The van der Waals surface area contributed by atoms with Gasteiger partial charge in [-0.25, -0.2) is 0 Å². The molecule has 2 heteroatoms. The first-order valence-electron chi connectivity index (χ1n) is 8.68. The van der Waals surface area contributed by atoms with Gasteiger partial charge in [-0.1, -0.05) is 51.9 Å². The van der Waals surface area contributed by atoms with Crippen molar-refractivity contribution < 1.29 is 21.5 Å². The Morgan fingerprint density at radius 3 is 1.63 bits per heavy atom. The van der Waals surface area contributed by atoms with E-state index in [9.17, 15) is 0 Å². The summed E-state index contributed by atoms with van der Waals surface area (Å²) < 4.78 is 1.44. The van der Waals surface area contributed by atoms with Crippen molar-refractivity contribution in [1.82, 2.24) is 0 Å². The summed E-state index contributed by atoms with van der Waals surface area (Å²) in [5, 5.41) is 0. The molecule has 1 nitrogen and oxygen atoms in total. The lowest BCUT2D eigenvalue weighted by Gasteiger charge is -2.33. The summed E-state index contributed by atoms with van der Waals surface area (Å²) in [6.07, 6.45) is 16.1. The van der Waals surface area contributed by atoms with Gasteiger partial charge in [0.1, 0.15) is 0 Å². The number of likely N-dealkylation sites (tertiary alicyclic amines) is 1. The molecule has 0 radical (unpaired) electrons. The van der Waals surface area contributed by atoms with Crippen LogP contribution in [0.5, 0.6) is 0 Å². The van der Waals surface area contributed by atoms with Gasteiger partial charge in [-0.05, 0) is 19.8 Å². The number of nitrogens with zero attached hydrogens (tertiary/aromatic N) is 1. The van der Waals surface area contributed by atoms with E-state index in [2.05, 4.69) is 13.8 Å². The first kappa shape index (κ1) is 19.4. The fourth-order valence-electron chi connectivity index (χ4n) is 3.46. The molecule has 1 fully saturated rings. The molecule has 0 aromatic carbocycles. The largest absolute Gasteiger partial charge is 1.00 e. The van der Waals surface area contributed by atoms with E-state index in [4.69, 9.17) is 0 Å². The minimum absolute atomic E-state index is 0. The Balaban J connectivity index is 0.00000324. The molecule has 0 unspecified atom stereocenters. The molecule has 1 aliphatic rings. The fourth-order valence-corrected chi connectivity index (χ4v) is 3.46. The van der Waals surface area contributed by atoms with Gasteiger partial charge in [0.25, 0.3) is 0 Å². The monoisotopic (exact) mass is 333 g/mol. The van der Waals surface area contributed by atoms with E-state index >= 15 is 0 Å². The Labute approximate surface area is 132 Å². The molecule has 0 bridgehead atoms. The number of halogens is 1. The second-order valence-electron chi connectivity index (χ2n) is 6.36. The van der Waals surface area contributed by atoms with Gasteiger partial charge < -0.3 is 21.5 Å². The summed E-state index contributed by atoms with van der Waals surface area (Å²) in [5.74, 6) is 0. The van der Waals surface area contributed by atoms with Crippen molar-refractivity contribution in [2.24, 2.45) is 0 Å². The van der Waals surface area contributed by atoms with Crippen molar-refractivity contribution in [3.8, 4) is 0 Å². The van der Waals surface area contributed by atoms with Crippen LogP contribution < -0.4 is 17.0 Å². The summed E-state index contributed by atoms with van der Waals surface area (Å²) in [6, 6.07) is 0. The maximum Gasteiger partial charge on any atom is 0.0788 e. The number of quaternary nitrogens is 1. The summed E-state index contributed by atoms with van der Waals surface area (Å²) in [4.78, 5) is 0. The Morgan fingerprint density at radius 1 is 0.684 bits per heavy atom. The van der Waals surface area contributed by atoms with E-state index in [1.54, 1.807) is 0 Å². The second-order valence-corrected chi connectivity index (χ2v) is 6.36. The fraction of sp³-hybridized carbons (Fsp3) is 1.00. The van der Waals surface area contributed by atoms with Gasteiger partial charge in [0.15, 0.2) is 0 Å². The average molecular weight is 334 g/mol. The van der Waals surface area contributed by atoms with E-state index in [1.165, 1.54) is 101 Å². The zero-order valence-electron chi connectivity index (χ0n) is 13.4. The standard InChI is InChI=1S/C17H36N.BrH/c1-3-5-6-7-8-9-10-11-12-15-18(4-2)16-13-14-17-18;/h3-17H2,1-2H3;1H/q+1;/p-1. The highest BCUT2D eigenvalue weighted by Crippen LogP contribution is 2.20. The molecule has 19 heavy (non-hydrogen) atoms. The zero-order chi connectivity index (χ0) is 13.1. The van der Waals surface area contributed by atoms with Crippen molar-refractivity contribution in [2.75, 3.05) is 26.2 Å². The second kappa shape index (κ2) is 12.2. The highest BCUT2D eigenvalue weighted by molar-refractivity contribution is 4.55. The van der Waals surface area contributed by atoms with E-state index in [-0.39, 0.29) is 17.0 Å². The van der Waals surface area contributed by atoms with Crippen LogP contribution >= 0.6 is 0 Å². The van der Waals surface area contributed by atoms with Crippen molar-refractivity contribution >= 4 is 0 Å². The average Bonchev–Trinajstić information content (AvgIpc) is 2.86. The molecule has 0 aliphatic carbocycles. The SMILES string of the molecule is CCCCCCCCCCC[N+]1(CC)CCCC1.[Br-]. The molecule has 0 spiro atoms. The van der Waals surface area contributed by atoms with E-state index in [0.717, 1.165) is 0 Å². The van der Waals surface area contributed by atoms with Gasteiger partial charge >= 0.3 is 0 Å². The lowest BCUT2D eigenvalue weighted by molar-refractivity contribution is -0.915. The normalized spacial score (nSPS) is 17.4. The molecule has 116 valence electrons. The van der Waals surface area contributed by atoms with Gasteiger partial charge in [-0.3, -0.25) is 0 Å². The minimum atomic E-state index is 0. The molecule has 1 rings (SSSR count). The van der Waals surface area contributed by atoms with Crippen LogP contribution in [-0.2, 0) is 0 Å². The molecule has 1 saturated heterocycles. The van der Waals surface area contributed by atoms with Crippen LogP contribution in [-0.4, -0.2) is 30.7 Å². The lowest BCUT2D eigenvalue weighted by Crippen LogP contribution is -3.00. The predicted molar refractivity (Wildman–Crippen MR) is 81.9 cm³/mol. The molecular formula is C17H36BrN. The third-order valence-electron chi connectivity index (χ3n) is 4.92. The van der Waals surface area contributed by atoms with E-state index in [1.807, 2.05) is 0 Å². The Kier molecular flexibility index (Phi) is 12.5. The predicted octanol–water partition coefficient (Wildman–Crippen LogP) is 2.15. The summed E-state index contributed by atoms with van der Waals surface area (Å²) in [5.41, 5.74) is 0. The first-order chi connectivity index (χ1) is 8.83. The smallest absolute Gasteiger partial charge is 0.0788 e. The zero-order valence-corrected chi connectivity index (χ0v) is 15.0. The van der Waals surface area contributed by atoms with Gasteiger partial charge in [0.2, 0.25) is 0 Å². The number of hydrogen-bond acceptors (Lipinski definition) is 0. The van der Waals surface area contributed by atoms with Crippen molar-refractivity contribution in [3.63, 3.8) is 0 Å². The van der Waals surface area contributed by atoms with Crippen LogP contribution in [0, 0.1) is 0 Å². The van der Waals surface area contributed by atoms with Crippen molar-refractivity contribution in [3.05, 3.63) is 0 Å². The maximum atomic E-state index is 2.39. The van der Waals surface area contributed by atoms with Crippen molar-refractivity contribution in [2.45, 2.75) is 84.5 Å². The van der Waals surface area contributed by atoms with E-state index in [0.29, 0.717) is 0 Å². The van der Waals surface area contributed by atoms with Crippen LogP contribution in [0.2, 0.25) is 0 Å². The summed E-state index contributed by atoms with van der Waals surface area (Å²) in [7, 11) is 0. The molecule has 0 N–H and O–H groups in total. The third kappa shape index (κ3) is 8.34. The number of unbranched alkanes of at least 4 members (excludes halogenated alkanes) is 8. The number of hydrogen-bond donors (Lipinski definition) is 0. The Morgan fingerprint density at radius 2 is 1.16 bits per heavy atom. The molecule has 0 amide bonds. The maximum absolute atomic E-state index is 2.39. The lowest BCUT2D eigenvalue weighted by atomic mass is 10.1. The molecule has 0 atom stereocenters. The molecule has 1 heterocycles. The van der Waals surface area contributed by atoms with Gasteiger partial charge in [-0.15, -0.1) is 0 Å². The first-order valence-corrected chi connectivity index (χ1v) is 8.68. The van der Waals surface area contributed by atoms with Crippen LogP contribution in [0.1, 0.15) is 84.5 Å². The van der Waals surface area contributed by atoms with Gasteiger partial charge in [0.05, 0.1) is 26.2 Å². The van der Waals surface area contributed by atoms with Crippen LogP contribution in [0.4, 0.5) is 0 Å². The molecule has 0 saturated carbocycles. The van der Waals surface area contributed by atoms with E-state index < -0.39 is 0 Å². The van der Waals surface area contributed by atoms with Gasteiger partial charge in [-0.2, -0.15) is 0 Å². The molecule has 0 aromatic rings. The molecular weight excluding hydrogens is 298 g/mol. The number of rotatable bonds is 11. The van der Waals surface area contributed by atoms with Crippen LogP contribution in [0.15, 0.2) is 0 Å².